The smallest absolute Gasteiger partial charge is 0.324 e. The summed E-state index contributed by atoms with van der Waals surface area (Å²) in [7, 11) is 0. The van der Waals surface area contributed by atoms with Crippen LogP contribution in [0, 0.1) is 11.8 Å². The average molecular weight is 288 g/mol. The van der Waals surface area contributed by atoms with Crippen LogP contribution in [0.2, 0.25) is 0 Å². The number of carboxylic acid groups (broad SMARTS) is 1. The molecule has 0 saturated carbocycles. The van der Waals surface area contributed by atoms with E-state index >= 15 is 0 Å². The van der Waals surface area contributed by atoms with Crippen LogP contribution in [0.3, 0.4) is 0 Å². The molecule has 2 heterocycles. The van der Waals surface area contributed by atoms with E-state index in [9.17, 15) is 14.7 Å². The first-order chi connectivity index (χ1) is 10.1. The first-order valence-electron chi connectivity index (χ1n) is 7.45. The second-order valence-electron chi connectivity index (χ2n) is 5.99. The Labute approximate surface area is 124 Å². The second kappa shape index (κ2) is 5.39. The number of urea groups is 1. The highest BCUT2D eigenvalue weighted by Crippen LogP contribution is 2.30. The molecule has 0 bridgehead atoms. The first kappa shape index (κ1) is 13.9. The molecule has 0 aliphatic carbocycles. The molecule has 0 aromatic heterocycles. The molecule has 5 nitrogen and oxygen atoms in total. The Morgan fingerprint density at radius 1 is 1.24 bits per heavy atom. The molecular formula is C16H20N2O3. The van der Waals surface area contributed by atoms with E-state index in [0.29, 0.717) is 19.6 Å². The number of hydrogen-bond acceptors (Lipinski definition) is 2. The van der Waals surface area contributed by atoms with E-state index < -0.39 is 11.9 Å². The molecule has 1 N–H and O–H groups in total. The van der Waals surface area contributed by atoms with Gasteiger partial charge in [-0.05, 0) is 30.4 Å². The zero-order chi connectivity index (χ0) is 15.0. The maximum absolute atomic E-state index is 12.7. The van der Waals surface area contributed by atoms with Gasteiger partial charge in [0.05, 0.1) is 5.92 Å². The van der Waals surface area contributed by atoms with Crippen LogP contribution in [-0.2, 0) is 11.2 Å². The Morgan fingerprint density at radius 2 is 2.00 bits per heavy atom. The van der Waals surface area contributed by atoms with E-state index in [1.54, 1.807) is 9.80 Å². The van der Waals surface area contributed by atoms with Gasteiger partial charge < -0.3 is 10.0 Å². The fourth-order valence-corrected chi connectivity index (χ4v) is 3.35. The molecule has 2 aliphatic rings. The van der Waals surface area contributed by atoms with Gasteiger partial charge in [-0.3, -0.25) is 9.69 Å². The molecule has 0 radical (unpaired) electrons. The summed E-state index contributed by atoms with van der Waals surface area (Å²) in [5.41, 5.74) is 2.17. The van der Waals surface area contributed by atoms with Crippen molar-refractivity contribution in [2.75, 3.05) is 24.5 Å². The van der Waals surface area contributed by atoms with E-state index in [2.05, 4.69) is 6.07 Å². The lowest BCUT2D eigenvalue weighted by Gasteiger charge is -2.32. The summed E-state index contributed by atoms with van der Waals surface area (Å²) in [6.45, 7) is 3.44. The Balaban J connectivity index is 1.80. The lowest BCUT2D eigenvalue weighted by molar-refractivity contribution is -0.142. The molecule has 3 rings (SSSR count). The molecule has 1 saturated heterocycles. The predicted octanol–water partition coefficient (Wildman–Crippen LogP) is 2.21. The number of carbonyl (C=O) groups excluding carboxylic acids is 1. The van der Waals surface area contributed by atoms with Gasteiger partial charge in [0, 0.05) is 25.3 Å². The summed E-state index contributed by atoms with van der Waals surface area (Å²) in [6, 6.07) is 7.90. The van der Waals surface area contributed by atoms with Crippen molar-refractivity contribution in [3.8, 4) is 0 Å². The SMILES string of the molecule is CC1CN(C(=O)N2CCCc3ccccc32)CC1C(=O)O. The van der Waals surface area contributed by atoms with Crippen LogP contribution in [0.15, 0.2) is 24.3 Å². The van der Waals surface area contributed by atoms with Gasteiger partial charge in [0.15, 0.2) is 0 Å². The van der Waals surface area contributed by atoms with Gasteiger partial charge in [-0.2, -0.15) is 0 Å². The number of anilines is 1. The first-order valence-corrected chi connectivity index (χ1v) is 7.45. The standard InChI is InChI=1S/C16H20N2O3/c1-11-9-17(10-13(11)15(19)20)16(21)18-8-4-6-12-5-2-3-7-14(12)18/h2-3,5,7,11,13H,4,6,8-10H2,1H3,(H,19,20). The zero-order valence-electron chi connectivity index (χ0n) is 12.2. The molecule has 2 aliphatic heterocycles. The lowest BCUT2D eigenvalue weighted by Crippen LogP contribution is -2.45. The van der Waals surface area contributed by atoms with Crippen LogP contribution >= 0.6 is 0 Å². The van der Waals surface area contributed by atoms with E-state index in [1.807, 2.05) is 25.1 Å². The minimum atomic E-state index is -0.808. The third kappa shape index (κ3) is 2.48. The lowest BCUT2D eigenvalue weighted by atomic mass is 9.99. The maximum Gasteiger partial charge on any atom is 0.324 e. The van der Waals surface area contributed by atoms with Crippen molar-refractivity contribution < 1.29 is 14.7 Å². The minimum absolute atomic E-state index is 0.00600. The molecule has 2 unspecified atom stereocenters. The predicted molar refractivity (Wildman–Crippen MR) is 79.4 cm³/mol. The van der Waals surface area contributed by atoms with Crippen molar-refractivity contribution in [2.24, 2.45) is 11.8 Å². The summed E-state index contributed by atoms with van der Waals surface area (Å²) in [5, 5.41) is 9.20. The number of carbonyl (C=O) groups is 2. The molecule has 21 heavy (non-hydrogen) atoms. The van der Waals surface area contributed by atoms with Gasteiger partial charge in [0.25, 0.3) is 0 Å². The number of likely N-dealkylation sites (tertiary alicyclic amines) is 1. The number of benzene rings is 1. The van der Waals surface area contributed by atoms with Gasteiger partial charge >= 0.3 is 12.0 Å². The summed E-state index contributed by atoms with van der Waals surface area (Å²) >= 11 is 0. The summed E-state index contributed by atoms with van der Waals surface area (Å²) < 4.78 is 0. The van der Waals surface area contributed by atoms with Crippen LogP contribution in [0.25, 0.3) is 0 Å². The van der Waals surface area contributed by atoms with Gasteiger partial charge in [-0.1, -0.05) is 25.1 Å². The Bertz CT molecular complexity index is 572. The highest BCUT2D eigenvalue weighted by Gasteiger charge is 2.39. The quantitative estimate of drug-likeness (QED) is 0.862. The monoisotopic (exact) mass is 288 g/mol. The van der Waals surface area contributed by atoms with Crippen molar-refractivity contribution in [1.82, 2.24) is 4.90 Å². The average Bonchev–Trinajstić information content (AvgIpc) is 2.88. The normalized spacial score (nSPS) is 24.8. The highest BCUT2D eigenvalue weighted by atomic mass is 16.4. The number of rotatable bonds is 1. The van der Waals surface area contributed by atoms with E-state index in [1.165, 1.54) is 5.56 Å². The Morgan fingerprint density at radius 3 is 2.71 bits per heavy atom. The summed E-state index contributed by atoms with van der Waals surface area (Å²) in [5.74, 6) is -1.25. The fourth-order valence-electron chi connectivity index (χ4n) is 3.35. The molecule has 1 aromatic rings. The number of carboxylic acids is 1. The molecule has 5 heteroatoms. The third-order valence-corrected chi connectivity index (χ3v) is 4.54. The van der Waals surface area contributed by atoms with Crippen LogP contribution in [0.1, 0.15) is 18.9 Å². The number of hydrogen-bond donors (Lipinski definition) is 1. The van der Waals surface area contributed by atoms with Gasteiger partial charge in [-0.25, -0.2) is 4.79 Å². The molecule has 2 atom stereocenters. The number of para-hydroxylation sites is 1. The van der Waals surface area contributed by atoms with Gasteiger partial charge in [-0.15, -0.1) is 0 Å². The van der Waals surface area contributed by atoms with Crippen molar-refractivity contribution in [3.63, 3.8) is 0 Å². The van der Waals surface area contributed by atoms with E-state index in [4.69, 9.17) is 0 Å². The molecule has 2 amide bonds. The van der Waals surface area contributed by atoms with Crippen LogP contribution in [-0.4, -0.2) is 41.6 Å². The van der Waals surface area contributed by atoms with Crippen LogP contribution in [0.4, 0.5) is 10.5 Å². The molecule has 0 spiro atoms. The van der Waals surface area contributed by atoms with Crippen molar-refractivity contribution in [3.05, 3.63) is 29.8 Å². The summed E-state index contributed by atoms with van der Waals surface area (Å²) in [4.78, 5) is 27.4. The number of nitrogens with zero attached hydrogens (tertiary/aromatic N) is 2. The topological polar surface area (TPSA) is 60.9 Å². The Kier molecular flexibility index (Phi) is 3.57. The fraction of sp³-hybridized carbons (Fsp3) is 0.500. The molecular weight excluding hydrogens is 268 g/mol. The summed E-state index contributed by atoms with van der Waals surface area (Å²) in [6.07, 6.45) is 1.95. The van der Waals surface area contributed by atoms with Crippen molar-refractivity contribution in [2.45, 2.75) is 19.8 Å². The van der Waals surface area contributed by atoms with Crippen LogP contribution in [0.5, 0.6) is 0 Å². The van der Waals surface area contributed by atoms with Crippen LogP contribution < -0.4 is 4.90 Å². The second-order valence-corrected chi connectivity index (χ2v) is 5.99. The minimum Gasteiger partial charge on any atom is -0.481 e. The third-order valence-electron chi connectivity index (χ3n) is 4.54. The molecule has 1 aromatic carbocycles. The highest BCUT2D eigenvalue weighted by molar-refractivity contribution is 5.94. The van der Waals surface area contributed by atoms with Crippen molar-refractivity contribution in [1.29, 1.82) is 0 Å². The van der Waals surface area contributed by atoms with E-state index in [0.717, 1.165) is 18.5 Å². The van der Waals surface area contributed by atoms with Crippen molar-refractivity contribution >= 4 is 17.7 Å². The van der Waals surface area contributed by atoms with Gasteiger partial charge in [0.2, 0.25) is 0 Å². The molecule has 1 fully saturated rings. The zero-order valence-corrected chi connectivity index (χ0v) is 12.2. The largest absolute Gasteiger partial charge is 0.481 e. The number of amides is 2. The number of fused-ring (bicyclic) bond motifs is 1. The maximum atomic E-state index is 12.7. The number of aliphatic carboxylic acids is 1. The van der Waals surface area contributed by atoms with E-state index in [-0.39, 0.29) is 11.9 Å². The van der Waals surface area contributed by atoms with Gasteiger partial charge in [0.1, 0.15) is 0 Å². The number of aryl methyl sites for hydroxylation is 1. The molecule has 112 valence electrons. The Hall–Kier alpha value is -2.04.